The molecule has 0 saturated heterocycles. The van der Waals surface area contributed by atoms with Crippen molar-refractivity contribution in [2.24, 2.45) is 0 Å². The van der Waals surface area contributed by atoms with Gasteiger partial charge in [-0.05, 0) is 84.4 Å². The van der Waals surface area contributed by atoms with Gasteiger partial charge in [0, 0.05) is 27.4 Å². The molecule has 0 fully saturated rings. The van der Waals surface area contributed by atoms with Crippen LogP contribution in [0.25, 0.3) is 6.08 Å². The smallest absolute Gasteiger partial charge is 0.272 e. The Morgan fingerprint density at radius 1 is 0.630 bits per heavy atom. The maximum Gasteiger partial charge on any atom is 0.272 e. The van der Waals surface area contributed by atoms with Crippen LogP contribution < -0.4 is 30.2 Å². The molecule has 3 amide bonds. The first-order valence-electron chi connectivity index (χ1n) is 17.0. The van der Waals surface area contributed by atoms with Gasteiger partial charge in [-0.2, -0.15) is 0 Å². The molecule has 3 N–H and O–H groups in total. The Morgan fingerprint density at radius 2 is 1.28 bits per heavy atom. The van der Waals surface area contributed by atoms with E-state index >= 15 is 0 Å². The summed E-state index contributed by atoms with van der Waals surface area (Å²) in [5, 5.41) is 8.08. The van der Waals surface area contributed by atoms with Crippen molar-refractivity contribution >= 4 is 46.9 Å². The van der Waals surface area contributed by atoms with Gasteiger partial charge in [0.05, 0.1) is 14.2 Å². The molecule has 9 nitrogen and oxygen atoms in total. The number of carbonyl (C=O) groups is 3. The first-order chi connectivity index (χ1) is 26.4. The van der Waals surface area contributed by atoms with Crippen molar-refractivity contribution in [2.45, 2.75) is 10.1 Å². The Morgan fingerprint density at radius 3 is 1.96 bits per heavy atom. The predicted octanol–water partition coefficient (Wildman–Crippen LogP) is 9.38. The number of ether oxygens (including phenoxy) is 3. The molecular formula is C44H37N3O6S. The van der Waals surface area contributed by atoms with Gasteiger partial charge >= 0.3 is 0 Å². The van der Waals surface area contributed by atoms with E-state index in [-0.39, 0.29) is 11.6 Å². The van der Waals surface area contributed by atoms with E-state index in [1.165, 1.54) is 32.1 Å². The van der Waals surface area contributed by atoms with Gasteiger partial charge in [0.1, 0.15) is 22.4 Å². The van der Waals surface area contributed by atoms with Crippen molar-refractivity contribution in [2.75, 3.05) is 24.9 Å². The molecular weight excluding hydrogens is 699 g/mol. The second-order valence-corrected chi connectivity index (χ2v) is 13.0. The number of thioether (sulfide) groups is 1. The van der Waals surface area contributed by atoms with Crippen LogP contribution in [0.5, 0.6) is 23.0 Å². The molecule has 0 spiro atoms. The van der Waals surface area contributed by atoms with Gasteiger partial charge < -0.3 is 30.2 Å². The Labute approximate surface area is 318 Å². The van der Waals surface area contributed by atoms with Gasteiger partial charge in [-0.25, -0.2) is 0 Å². The number of benzene rings is 6. The van der Waals surface area contributed by atoms with E-state index in [9.17, 15) is 14.4 Å². The largest absolute Gasteiger partial charge is 0.493 e. The summed E-state index contributed by atoms with van der Waals surface area (Å²) in [7, 11) is 3.02. The van der Waals surface area contributed by atoms with Gasteiger partial charge in [-0.1, -0.05) is 84.9 Å². The van der Waals surface area contributed by atoms with Crippen LogP contribution in [0, 0.1) is 0 Å². The summed E-state index contributed by atoms with van der Waals surface area (Å²) in [5.41, 5.74) is 2.77. The maximum absolute atomic E-state index is 13.9. The van der Waals surface area contributed by atoms with Gasteiger partial charge in [0.2, 0.25) is 5.91 Å². The zero-order valence-electron chi connectivity index (χ0n) is 29.5. The molecule has 0 bridgehead atoms. The highest BCUT2D eigenvalue weighted by Gasteiger charge is 2.23. The van der Waals surface area contributed by atoms with Crippen molar-refractivity contribution in [3.63, 3.8) is 0 Å². The molecule has 0 aliphatic heterocycles. The fourth-order valence-corrected chi connectivity index (χ4v) is 6.53. The van der Waals surface area contributed by atoms with Crippen LogP contribution in [-0.2, 0) is 9.59 Å². The number of carbonyl (C=O) groups excluding carboxylic acids is 3. The van der Waals surface area contributed by atoms with Gasteiger partial charge in [-0.3, -0.25) is 14.4 Å². The summed E-state index contributed by atoms with van der Waals surface area (Å²) in [6.07, 6.45) is 1.53. The lowest BCUT2D eigenvalue weighted by molar-refractivity contribution is -0.116. The maximum atomic E-state index is 13.9. The van der Waals surface area contributed by atoms with Gasteiger partial charge in [-0.15, -0.1) is 11.8 Å². The molecule has 0 aliphatic rings. The molecule has 6 rings (SSSR count). The summed E-state index contributed by atoms with van der Waals surface area (Å²) in [5.74, 6) is 0.984. The SMILES string of the molecule is COc1cccc(/C=C(/NC(=O)c2ccccc2)C(=O)Nc2cccc(SC(C(=O)Nc3ccc(Oc4ccccc4)cc3)c3ccccc3)c2)c1OC. The molecule has 1 unspecified atom stereocenters. The monoisotopic (exact) mass is 735 g/mol. The fraction of sp³-hybridized carbons (Fsp3) is 0.0682. The van der Waals surface area contributed by atoms with E-state index in [1.807, 2.05) is 66.7 Å². The predicted molar refractivity (Wildman–Crippen MR) is 213 cm³/mol. The standard InChI is InChI=1S/C44H37N3O6S/c1-51-39-23-12-18-32(40(39)52-2)28-38(47-42(48)31-16-8-4-9-17-31)43(49)46-34-19-13-22-37(29-34)54-41(30-14-6-3-7-15-30)44(50)45-33-24-26-36(27-25-33)53-35-20-10-5-11-21-35/h3-29,41H,1-2H3,(H,45,50)(H,46,49)(H,47,48)/b38-28+. The number of hydrogen-bond donors (Lipinski definition) is 3. The lowest BCUT2D eigenvalue weighted by Gasteiger charge is -2.18. The molecule has 10 heteroatoms. The average Bonchev–Trinajstić information content (AvgIpc) is 3.21. The van der Waals surface area contributed by atoms with Crippen molar-refractivity contribution < 1.29 is 28.6 Å². The topological polar surface area (TPSA) is 115 Å². The Bertz CT molecular complexity index is 2230. The minimum absolute atomic E-state index is 0.0183. The summed E-state index contributed by atoms with van der Waals surface area (Å²) in [6.45, 7) is 0. The molecule has 0 heterocycles. The van der Waals surface area contributed by atoms with Crippen LogP contribution in [0.1, 0.15) is 26.7 Å². The highest BCUT2D eigenvalue weighted by molar-refractivity contribution is 8.00. The minimum atomic E-state index is -0.626. The van der Waals surface area contributed by atoms with Gasteiger partial charge in [0.25, 0.3) is 11.8 Å². The second-order valence-electron chi connectivity index (χ2n) is 11.8. The van der Waals surface area contributed by atoms with Crippen LogP contribution in [0.3, 0.4) is 0 Å². The van der Waals surface area contributed by atoms with Crippen molar-refractivity contribution in [1.82, 2.24) is 5.32 Å². The van der Waals surface area contributed by atoms with E-state index in [2.05, 4.69) is 16.0 Å². The van der Waals surface area contributed by atoms with E-state index in [4.69, 9.17) is 14.2 Å². The number of nitrogens with one attached hydrogen (secondary N) is 3. The number of hydrogen-bond acceptors (Lipinski definition) is 7. The zero-order valence-corrected chi connectivity index (χ0v) is 30.3. The Balaban J connectivity index is 1.21. The molecule has 0 radical (unpaired) electrons. The van der Waals surface area contributed by atoms with Crippen LogP contribution in [-0.4, -0.2) is 31.9 Å². The van der Waals surface area contributed by atoms with E-state index in [0.29, 0.717) is 39.8 Å². The molecule has 0 aromatic heterocycles. The summed E-state index contributed by atoms with van der Waals surface area (Å²) >= 11 is 1.34. The van der Waals surface area contributed by atoms with Crippen LogP contribution >= 0.6 is 11.8 Å². The summed E-state index contributed by atoms with van der Waals surface area (Å²) in [6, 6.07) is 47.2. The van der Waals surface area contributed by atoms with E-state index in [1.54, 1.807) is 91.0 Å². The van der Waals surface area contributed by atoms with Crippen LogP contribution in [0.4, 0.5) is 11.4 Å². The third-order valence-corrected chi connectivity index (χ3v) is 9.30. The molecule has 6 aromatic rings. The van der Waals surface area contributed by atoms with E-state index < -0.39 is 17.1 Å². The first-order valence-corrected chi connectivity index (χ1v) is 17.8. The minimum Gasteiger partial charge on any atom is -0.493 e. The Hall–Kier alpha value is -6.78. The number of methoxy groups -OCH3 is 2. The number of amides is 3. The number of anilines is 2. The van der Waals surface area contributed by atoms with Crippen LogP contribution in [0.15, 0.2) is 168 Å². The van der Waals surface area contributed by atoms with Gasteiger partial charge in [0.15, 0.2) is 11.5 Å². The highest BCUT2D eigenvalue weighted by Crippen LogP contribution is 2.38. The third kappa shape index (κ3) is 9.75. The average molecular weight is 736 g/mol. The molecule has 0 aliphatic carbocycles. The third-order valence-electron chi connectivity index (χ3n) is 8.05. The number of para-hydroxylation sites is 2. The van der Waals surface area contributed by atoms with Crippen molar-refractivity contribution in [3.8, 4) is 23.0 Å². The number of rotatable bonds is 14. The second kappa shape index (κ2) is 18.1. The fourth-order valence-electron chi connectivity index (χ4n) is 5.44. The quantitative estimate of drug-likeness (QED) is 0.0755. The first kappa shape index (κ1) is 37.0. The molecule has 270 valence electrons. The molecule has 54 heavy (non-hydrogen) atoms. The summed E-state index contributed by atoms with van der Waals surface area (Å²) < 4.78 is 16.9. The van der Waals surface area contributed by atoms with E-state index in [0.717, 1.165) is 16.2 Å². The lowest BCUT2D eigenvalue weighted by Crippen LogP contribution is -2.30. The molecule has 6 aromatic carbocycles. The zero-order chi connectivity index (χ0) is 37.7. The van der Waals surface area contributed by atoms with Crippen molar-refractivity contribution in [3.05, 3.63) is 180 Å². The molecule has 1 atom stereocenters. The normalized spacial score (nSPS) is 11.5. The highest BCUT2D eigenvalue weighted by atomic mass is 32.2. The molecule has 0 saturated carbocycles. The van der Waals surface area contributed by atoms with Crippen LogP contribution in [0.2, 0.25) is 0 Å². The Kier molecular flexibility index (Phi) is 12.4. The van der Waals surface area contributed by atoms with Crippen molar-refractivity contribution in [1.29, 1.82) is 0 Å². The summed E-state index contributed by atoms with van der Waals surface area (Å²) in [4.78, 5) is 41.7. The lowest BCUT2D eigenvalue weighted by atomic mass is 10.1.